The van der Waals surface area contributed by atoms with Gasteiger partial charge in [-0.1, -0.05) is 19.3 Å². The molecule has 150 valence electrons. The number of rotatable bonds is 7. The number of ether oxygens (including phenoxy) is 2. The molecule has 1 saturated heterocycles. The van der Waals surface area contributed by atoms with Crippen molar-refractivity contribution in [2.24, 2.45) is 5.92 Å². The summed E-state index contributed by atoms with van der Waals surface area (Å²) >= 11 is 0. The van der Waals surface area contributed by atoms with Crippen LogP contribution < -0.4 is 14.8 Å². The standard InChI is InChI=1S/C22H34N2O3/c1-26-20-13-18(14-21(15-20)27-2)23-22(25)11-10-17-7-6-12-24(16-17)19-8-4-3-5-9-19/h13-15,17,19H,3-12,16H2,1-2H3,(H,23,25)/t17-/m0/s1. The average Bonchev–Trinajstić information content (AvgIpc) is 2.72. The van der Waals surface area contributed by atoms with Gasteiger partial charge in [-0.15, -0.1) is 0 Å². The Balaban J connectivity index is 1.47. The molecule has 1 saturated carbocycles. The molecule has 1 aromatic rings. The molecule has 27 heavy (non-hydrogen) atoms. The van der Waals surface area contributed by atoms with Gasteiger partial charge in [0.05, 0.1) is 14.2 Å². The Bertz CT molecular complexity index is 591. The minimum Gasteiger partial charge on any atom is -0.497 e. The second-order valence-corrected chi connectivity index (χ2v) is 7.98. The SMILES string of the molecule is COc1cc(NC(=O)CC[C@@H]2CCCN(C3CCCCC3)C2)cc(OC)c1. The zero-order valence-corrected chi connectivity index (χ0v) is 16.8. The van der Waals surface area contributed by atoms with Crippen molar-refractivity contribution in [2.45, 2.75) is 63.8 Å². The van der Waals surface area contributed by atoms with Crippen LogP contribution >= 0.6 is 0 Å². The molecule has 3 rings (SSSR count). The van der Waals surface area contributed by atoms with E-state index in [4.69, 9.17) is 9.47 Å². The molecule has 1 atom stereocenters. The molecular formula is C22H34N2O3. The van der Waals surface area contributed by atoms with Gasteiger partial charge in [0.25, 0.3) is 0 Å². The summed E-state index contributed by atoms with van der Waals surface area (Å²) in [4.78, 5) is 15.1. The van der Waals surface area contributed by atoms with Crippen LogP contribution in [0.5, 0.6) is 11.5 Å². The van der Waals surface area contributed by atoms with Gasteiger partial charge < -0.3 is 19.7 Å². The summed E-state index contributed by atoms with van der Waals surface area (Å²) in [5, 5.41) is 2.99. The summed E-state index contributed by atoms with van der Waals surface area (Å²) in [7, 11) is 3.23. The number of nitrogens with zero attached hydrogens (tertiary/aromatic N) is 1. The van der Waals surface area contributed by atoms with Gasteiger partial charge in [-0.2, -0.15) is 0 Å². The maximum atomic E-state index is 12.4. The molecule has 2 fully saturated rings. The average molecular weight is 375 g/mol. The van der Waals surface area contributed by atoms with E-state index in [0.717, 1.165) is 18.2 Å². The van der Waals surface area contributed by atoms with Crippen LogP contribution in [0.4, 0.5) is 5.69 Å². The van der Waals surface area contributed by atoms with Gasteiger partial charge in [0.15, 0.2) is 0 Å². The van der Waals surface area contributed by atoms with Gasteiger partial charge >= 0.3 is 0 Å². The first kappa shape index (κ1) is 20.0. The molecule has 0 bridgehead atoms. The molecule has 0 spiro atoms. The van der Waals surface area contributed by atoms with Crippen LogP contribution in [-0.4, -0.2) is 44.2 Å². The van der Waals surface area contributed by atoms with Crippen LogP contribution in [0.15, 0.2) is 18.2 Å². The molecule has 1 N–H and O–H groups in total. The van der Waals surface area contributed by atoms with Crippen LogP contribution in [0, 0.1) is 5.92 Å². The van der Waals surface area contributed by atoms with Crippen LogP contribution in [0.2, 0.25) is 0 Å². The normalized spacial score (nSPS) is 21.6. The number of anilines is 1. The second kappa shape index (κ2) is 9.98. The first-order valence-corrected chi connectivity index (χ1v) is 10.4. The highest BCUT2D eigenvalue weighted by atomic mass is 16.5. The summed E-state index contributed by atoms with van der Waals surface area (Å²) in [6, 6.07) is 6.24. The molecule has 5 nitrogen and oxygen atoms in total. The van der Waals surface area contributed by atoms with Crippen LogP contribution in [-0.2, 0) is 4.79 Å². The molecule has 5 heteroatoms. The monoisotopic (exact) mass is 374 g/mol. The molecule has 1 amide bonds. The fourth-order valence-electron chi connectivity index (χ4n) is 4.55. The smallest absolute Gasteiger partial charge is 0.224 e. The van der Waals surface area contributed by atoms with Crippen molar-refractivity contribution in [3.05, 3.63) is 18.2 Å². The Labute approximate surface area is 163 Å². The zero-order chi connectivity index (χ0) is 19.1. The lowest BCUT2D eigenvalue weighted by Gasteiger charge is -2.40. The predicted octanol–water partition coefficient (Wildman–Crippen LogP) is 4.47. The third-order valence-corrected chi connectivity index (χ3v) is 6.06. The molecule has 0 unspecified atom stereocenters. The van der Waals surface area contributed by atoms with Crippen LogP contribution in [0.25, 0.3) is 0 Å². The summed E-state index contributed by atoms with van der Waals surface area (Å²) in [6.07, 6.45) is 11.0. The van der Waals surface area contributed by atoms with Gasteiger partial charge in [-0.25, -0.2) is 0 Å². The van der Waals surface area contributed by atoms with Crippen molar-refractivity contribution >= 4 is 11.6 Å². The van der Waals surface area contributed by atoms with E-state index in [1.54, 1.807) is 20.3 Å². The number of piperidine rings is 1. The Hall–Kier alpha value is -1.75. The number of carbonyl (C=O) groups is 1. The molecule has 0 radical (unpaired) electrons. The van der Waals surface area contributed by atoms with Gasteiger partial charge in [0.1, 0.15) is 11.5 Å². The van der Waals surface area contributed by atoms with Gasteiger partial charge in [-0.05, 0) is 44.6 Å². The van der Waals surface area contributed by atoms with Crippen LogP contribution in [0.1, 0.15) is 57.8 Å². The van der Waals surface area contributed by atoms with Crippen molar-refractivity contribution in [1.82, 2.24) is 4.90 Å². The maximum Gasteiger partial charge on any atom is 0.224 e. The number of likely N-dealkylation sites (tertiary alicyclic amines) is 1. The van der Waals surface area contributed by atoms with Crippen molar-refractivity contribution in [1.29, 1.82) is 0 Å². The van der Waals surface area contributed by atoms with Crippen molar-refractivity contribution in [3.8, 4) is 11.5 Å². The van der Waals surface area contributed by atoms with E-state index >= 15 is 0 Å². The van der Waals surface area contributed by atoms with E-state index in [1.165, 1.54) is 58.0 Å². The first-order valence-electron chi connectivity index (χ1n) is 10.4. The predicted molar refractivity (Wildman–Crippen MR) is 109 cm³/mol. The fourth-order valence-corrected chi connectivity index (χ4v) is 4.55. The van der Waals surface area contributed by atoms with Crippen molar-refractivity contribution in [3.63, 3.8) is 0 Å². The fraction of sp³-hybridized carbons (Fsp3) is 0.682. The number of benzene rings is 1. The van der Waals surface area contributed by atoms with Gasteiger partial charge in [0.2, 0.25) is 5.91 Å². The highest BCUT2D eigenvalue weighted by Crippen LogP contribution is 2.29. The lowest BCUT2D eigenvalue weighted by atomic mass is 9.88. The molecule has 1 aromatic carbocycles. The Morgan fingerprint density at radius 1 is 1.04 bits per heavy atom. The molecule has 2 aliphatic rings. The lowest BCUT2D eigenvalue weighted by Crippen LogP contribution is -2.43. The highest BCUT2D eigenvalue weighted by molar-refractivity contribution is 5.91. The van der Waals surface area contributed by atoms with E-state index in [-0.39, 0.29) is 5.91 Å². The Morgan fingerprint density at radius 2 is 1.74 bits per heavy atom. The number of carbonyl (C=O) groups excluding carboxylic acids is 1. The minimum absolute atomic E-state index is 0.0695. The second-order valence-electron chi connectivity index (χ2n) is 7.98. The zero-order valence-electron chi connectivity index (χ0n) is 16.8. The van der Waals surface area contributed by atoms with Gasteiger partial charge in [0, 0.05) is 42.9 Å². The Morgan fingerprint density at radius 3 is 2.41 bits per heavy atom. The van der Waals surface area contributed by atoms with Gasteiger partial charge in [-0.3, -0.25) is 4.79 Å². The topological polar surface area (TPSA) is 50.8 Å². The van der Waals surface area contributed by atoms with Crippen LogP contribution in [0.3, 0.4) is 0 Å². The largest absolute Gasteiger partial charge is 0.497 e. The summed E-state index contributed by atoms with van der Waals surface area (Å²) in [6.45, 7) is 2.42. The first-order chi connectivity index (χ1) is 13.2. The number of hydrogen-bond donors (Lipinski definition) is 1. The van der Waals surface area contributed by atoms with Crippen molar-refractivity contribution in [2.75, 3.05) is 32.6 Å². The summed E-state index contributed by atoms with van der Waals surface area (Å²) < 4.78 is 10.5. The highest BCUT2D eigenvalue weighted by Gasteiger charge is 2.27. The number of methoxy groups -OCH3 is 2. The number of nitrogens with one attached hydrogen (secondary N) is 1. The number of hydrogen-bond acceptors (Lipinski definition) is 4. The third-order valence-electron chi connectivity index (χ3n) is 6.06. The molecule has 0 aromatic heterocycles. The van der Waals surface area contributed by atoms with E-state index < -0.39 is 0 Å². The molecular weight excluding hydrogens is 340 g/mol. The third kappa shape index (κ3) is 5.86. The van der Waals surface area contributed by atoms with E-state index in [2.05, 4.69) is 10.2 Å². The van der Waals surface area contributed by atoms with Crippen molar-refractivity contribution < 1.29 is 14.3 Å². The van der Waals surface area contributed by atoms with E-state index in [0.29, 0.717) is 23.8 Å². The summed E-state index contributed by atoms with van der Waals surface area (Å²) in [5.41, 5.74) is 0.726. The quantitative estimate of drug-likeness (QED) is 0.765. The van der Waals surface area contributed by atoms with E-state index in [9.17, 15) is 4.79 Å². The number of amides is 1. The minimum atomic E-state index is 0.0695. The summed E-state index contributed by atoms with van der Waals surface area (Å²) in [5.74, 6) is 2.08. The lowest BCUT2D eigenvalue weighted by molar-refractivity contribution is -0.116. The maximum absolute atomic E-state index is 12.4. The molecule has 1 aliphatic heterocycles. The Kier molecular flexibility index (Phi) is 7.39. The molecule has 1 aliphatic carbocycles. The van der Waals surface area contributed by atoms with E-state index in [1.807, 2.05) is 12.1 Å². The molecule has 1 heterocycles.